The third-order valence-electron chi connectivity index (χ3n) is 4.57. The Balaban J connectivity index is 2.16. The Labute approximate surface area is 122 Å². The molecule has 102 valence electrons. The van der Waals surface area contributed by atoms with Crippen molar-refractivity contribution in [2.45, 2.75) is 26.4 Å². The Hall–Kier alpha value is -2.42. The van der Waals surface area contributed by atoms with Gasteiger partial charge in [0, 0.05) is 21.4 Å². The molecule has 5 rings (SSSR count). The molecule has 0 bridgehead atoms. The molecule has 0 saturated carbocycles. The van der Waals surface area contributed by atoms with Gasteiger partial charge in [-0.25, -0.2) is 0 Å². The van der Waals surface area contributed by atoms with E-state index in [1.165, 1.54) is 32.6 Å². The van der Waals surface area contributed by atoms with Crippen LogP contribution >= 0.6 is 0 Å². The Morgan fingerprint density at radius 2 is 1.76 bits per heavy atom. The van der Waals surface area contributed by atoms with E-state index in [0.717, 1.165) is 12.1 Å². The van der Waals surface area contributed by atoms with Gasteiger partial charge in [0.1, 0.15) is 12.6 Å². The number of nitrogens with zero attached hydrogens (tertiary/aromatic N) is 3. The molecule has 0 radical (unpaired) electrons. The second kappa shape index (κ2) is 3.61. The van der Waals surface area contributed by atoms with Crippen LogP contribution in [0.2, 0.25) is 0 Å². The van der Waals surface area contributed by atoms with Gasteiger partial charge < -0.3 is 0 Å². The van der Waals surface area contributed by atoms with Gasteiger partial charge in [-0.2, -0.15) is 0 Å². The quantitative estimate of drug-likeness (QED) is 0.338. The lowest BCUT2D eigenvalue weighted by Crippen LogP contribution is -2.43. The van der Waals surface area contributed by atoms with Gasteiger partial charge in [-0.3, -0.25) is 0 Å². The summed E-state index contributed by atoms with van der Waals surface area (Å²) in [4.78, 5) is 2.14. The van der Waals surface area contributed by atoms with Crippen molar-refractivity contribution in [2.75, 3.05) is 0 Å². The largest absolute Gasteiger partial charge is 0.257 e. The van der Waals surface area contributed by atoms with Gasteiger partial charge in [-0.1, -0.05) is 36.4 Å². The van der Waals surface area contributed by atoms with Crippen molar-refractivity contribution in [3.05, 3.63) is 48.0 Å². The van der Waals surface area contributed by atoms with Crippen molar-refractivity contribution >= 4 is 32.6 Å². The monoisotopic (exact) mass is 274 g/mol. The first kappa shape index (κ1) is 11.3. The minimum atomic E-state index is 0.362. The summed E-state index contributed by atoms with van der Waals surface area (Å²) in [5, 5.41) is 10.2. The molecular weight excluding hydrogens is 258 g/mol. The maximum Gasteiger partial charge on any atom is 0.257 e. The second-order valence-electron chi connectivity index (χ2n) is 6.15. The molecular formula is C18H16N3+. The van der Waals surface area contributed by atoms with E-state index in [1.807, 2.05) is 0 Å². The molecule has 3 heteroatoms. The number of hydrogen-bond acceptors (Lipinski definition) is 1. The molecule has 4 aromatic rings. The van der Waals surface area contributed by atoms with Gasteiger partial charge >= 0.3 is 0 Å². The molecule has 3 aromatic carbocycles. The maximum absolute atomic E-state index is 4.91. The van der Waals surface area contributed by atoms with Gasteiger partial charge in [0.05, 0.1) is 0 Å². The molecule has 0 amide bonds. The van der Waals surface area contributed by atoms with E-state index in [2.05, 4.69) is 65.8 Å². The summed E-state index contributed by atoms with van der Waals surface area (Å²) in [5.41, 5.74) is 3.85. The normalized spacial score (nSPS) is 13.5. The van der Waals surface area contributed by atoms with Gasteiger partial charge in [0.15, 0.2) is 0 Å². The number of fused-ring (bicyclic) bond motifs is 3. The molecule has 0 atom stereocenters. The number of aromatic nitrogens is 3. The fourth-order valence-electron chi connectivity index (χ4n) is 3.72. The van der Waals surface area contributed by atoms with Crippen molar-refractivity contribution in [3.8, 4) is 0 Å². The Morgan fingerprint density at radius 1 is 1.00 bits per heavy atom. The zero-order valence-corrected chi connectivity index (χ0v) is 12.2. The van der Waals surface area contributed by atoms with Crippen molar-refractivity contribution in [2.24, 2.45) is 0 Å². The molecule has 1 aliphatic heterocycles. The van der Waals surface area contributed by atoms with Crippen LogP contribution in [0.15, 0.2) is 42.5 Å². The van der Waals surface area contributed by atoms with E-state index < -0.39 is 0 Å². The maximum atomic E-state index is 4.91. The van der Waals surface area contributed by atoms with Gasteiger partial charge in [-0.05, 0) is 35.5 Å². The van der Waals surface area contributed by atoms with Gasteiger partial charge in [-0.15, -0.1) is 4.68 Å². The zero-order valence-electron chi connectivity index (χ0n) is 12.2. The molecule has 0 aliphatic carbocycles. The highest BCUT2D eigenvalue weighted by Gasteiger charge is 2.32. The van der Waals surface area contributed by atoms with Crippen LogP contribution in [-0.2, 0) is 6.54 Å². The van der Waals surface area contributed by atoms with Crippen LogP contribution in [0, 0.1) is 0 Å². The van der Waals surface area contributed by atoms with E-state index in [0.29, 0.717) is 6.04 Å². The van der Waals surface area contributed by atoms with Crippen molar-refractivity contribution in [1.29, 1.82) is 0 Å². The molecule has 2 heterocycles. The van der Waals surface area contributed by atoms with Crippen LogP contribution in [0.4, 0.5) is 0 Å². The lowest BCUT2D eigenvalue weighted by molar-refractivity contribution is -0.749. The first-order valence-electron chi connectivity index (χ1n) is 7.50. The summed E-state index contributed by atoms with van der Waals surface area (Å²) in [6.07, 6.45) is 0. The predicted octanol–water partition coefficient (Wildman–Crippen LogP) is 3.57. The number of rotatable bonds is 1. The lowest BCUT2D eigenvalue weighted by Gasteiger charge is -2.03. The summed E-state index contributed by atoms with van der Waals surface area (Å²) < 4.78 is 2.34. The first-order chi connectivity index (χ1) is 10.3. The van der Waals surface area contributed by atoms with Crippen LogP contribution in [-0.4, -0.2) is 9.90 Å². The SMILES string of the molecule is CC(C)n1nc2c3ccccc3c3cccc4c3c2[n+]1C4. The third-order valence-corrected chi connectivity index (χ3v) is 4.57. The highest BCUT2D eigenvalue weighted by atomic mass is 15.6. The van der Waals surface area contributed by atoms with Crippen molar-refractivity contribution < 1.29 is 4.68 Å². The molecule has 0 spiro atoms. The van der Waals surface area contributed by atoms with Crippen LogP contribution in [0.3, 0.4) is 0 Å². The second-order valence-corrected chi connectivity index (χ2v) is 6.15. The van der Waals surface area contributed by atoms with Gasteiger partial charge in [0.25, 0.3) is 5.52 Å². The Morgan fingerprint density at radius 3 is 2.57 bits per heavy atom. The molecule has 21 heavy (non-hydrogen) atoms. The molecule has 0 fully saturated rings. The van der Waals surface area contributed by atoms with E-state index in [1.54, 1.807) is 0 Å². The topological polar surface area (TPSA) is 21.7 Å². The summed E-state index contributed by atoms with van der Waals surface area (Å²) in [6.45, 7) is 5.31. The molecule has 1 aromatic heterocycles. The van der Waals surface area contributed by atoms with E-state index >= 15 is 0 Å². The average molecular weight is 274 g/mol. The fraction of sp³-hybridized carbons (Fsp3) is 0.222. The highest BCUT2D eigenvalue weighted by Crippen LogP contribution is 2.37. The van der Waals surface area contributed by atoms with Crippen LogP contribution in [0.5, 0.6) is 0 Å². The molecule has 0 N–H and O–H groups in total. The van der Waals surface area contributed by atoms with Gasteiger partial charge in [0.2, 0.25) is 5.52 Å². The van der Waals surface area contributed by atoms with Crippen LogP contribution < -0.4 is 4.68 Å². The number of benzene rings is 3. The van der Waals surface area contributed by atoms with Crippen LogP contribution in [0.1, 0.15) is 25.5 Å². The molecule has 0 saturated heterocycles. The average Bonchev–Trinajstić information content (AvgIpc) is 3.04. The Bertz CT molecular complexity index is 1040. The minimum absolute atomic E-state index is 0.362. The van der Waals surface area contributed by atoms with E-state index in [4.69, 9.17) is 5.10 Å². The minimum Gasteiger partial charge on any atom is -0.147 e. The van der Waals surface area contributed by atoms with E-state index in [9.17, 15) is 0 Å². The van der Waals surface area contributed by atoms with Crippen molar-refractivity contribution in [3.63, 3.8) is 0 Å². The Kier molecular flexibility index (Phi) is 1.94. The molecule has 1 aliphatic rings. The summed E-state index contributed by atoms with van der Waals surface area (Å²) in [6, 6.07) is 15.6. The van der Waals surface area contributed by atoms with E-state index in [-0.39, 0.29) is 0 Å². The first-order valence-corrected chi connectivity index (χ1v) is 7.50. The molecule has 3 nitrogen and oxygen atoms in total. The fourth-order valence-corrected chi connectivity index (χ4v) is 3.72. The number of hydrogen-bond donors (Lipinski definition) is 0. The third kappa shape index (κ3) is 1.24. The summed E-state index contributed by atoms with van der Waals surface area (Å²) in [7, 11) is 0. The highest BCUT2D eigenvalue weighted by molar-refractivity contribution is 6.23. The molecule has 0 unspecified atom stereocenters. The van der Waals surface area contributed by atoms with Crippen molar-refractivity contribution in [1.82, 2.24) is 9.90 Å². The van der Waals surface area contributed by atoms with Crippen LogP contribution in [0.25, 0.3) is 32.6 Å². The predicted molar refractivity (Wildman–Crippen MR) is 84.4 cm³/mol. The standard InChI is InChI=1S/C18H16N3/c1-11(2)21-19-17-15-8-4-3-7-13(15)14-9-5-6-12-10-20(21)18(17)16(12)14/h3-9,11H,10H2,1-2H3/q+1. The zero-order chi connectivity index (χ0) is 14.1. The summed E-state index contributed by atoms with van der Waals surface area (Å²) >= 11 is 0. The smallest absolute Gasteiger partial charge is 0.147 e. The summed E-state index contributed by atoms with van der Waals surface area (Å²) in [5.74, 6) is 0. The lowest BCUT2D eigenvalue weighted by atomic mass is 9.98.